The summed E-state index contributed by atoms with van der Waals surface area (Å²) in [6, 6.07) is 9.43. The lowest BCUT2D eigenvalue weighted by Crippen LogP contribution is -2.47. The van der Waals surface area contributed by atoms with Gasteiger partial charge in [0.25, 0.3) is 0 Å². The molecule has 1 N–H and O–H groups in total. The van der Waals surface area contributed by atoms with Crippen molar-refractivity contribution in [1.29, 1.82) is 0 Å². The fourth-order valence-electron chi connectivity index (χ4n) is 1.90. The number of anilines is 1. The van der Waals surface area contributed by atoms with Crippen LogP contribution in [0.1, 0.15) is 6.92 Å². The SMILES string of the molecule is CC(C(=O)Nc1ccccc1)N1CCOCC1.Cl. The Hall–Kier alpha value is -1.10. The van der Waals surface area contributed by atoms with Crippen molar-refractivity contribution in [2.45, 2.75) is 13.0 Å². The second kappa shape index (κ2) is 7.36. The molecule has 1 heterocycles. The number of benzene rings is 1. The molecule has 5 heteroatoms. The molecule has 4 nitrogen and oxygen atoms in total. The summed E-state index contributed by atoms with van der Waals surface area (Å²) < 4.78 is 5.27. The second-order valence-electron chi connectivity index (χ2n) is 4.18. The van der Waals surface area contributed by atoms with E-state index < -0.39 is 0 Å². The molecule has 1 unspecified atom stereocenters. The molecule has 1 atom stereocenters. The molecule has 1 saturated heterocycles. The molecule has 1 aliphatic rings. The van der Waals surface area contributed by atoms with Crippen LogP contribution in [0.2, 0.25) is 0 Å². The molecule has 1 aromatic carbocycles. The number of nitrogens with zero attached hydrogens (tertiary/aromatic N) is 1. The van der Waals surface area contributed by atoms with E-state index in [1.165, 1.54) is 0 Å². The molecule has 18 heavy (non-hydrogen) atoms. The van der Waals surface area contributed by atoms with Gasteiger partial charge in [0.2, 0.25) is 5.91 Å². The fraction of sp³-hybridized carbons (Fsp3) is 0.462. The van der Waals surface area contributed by atoms with E-state index in [4.69, 9.17) is 4.74 Å². The maximum Gasteiger partial charge on any atom is 0.241 e. The number of para-hydroxylation sites is 1. The number of hydrogen-bond donors (Lipinski definition) is 1. The van der Waals surface area contributed by atoms with E-state index in [1.807, 2.05) is 37.3 Å². The lowest BCUT2D eigenvalue weighted by atomic mass is 10.2. The van der Waals surface area contributed by atoms with Crippen LogP contribution in [0.5, 0.6) is 0 Å². The summed E-state index contributed by atoms with van der Waals surface area (Å²) in [7, 11) is 0. The van der Waals surface area contributed by atoms with Crippen molar-refractivity contribution in [3.05, 3.63) is 30.3 Å². The van der Waals surface area contributed by atoms with Crippen LogP contribution >= 0.6 is 12.4 Å². The third-order valence-electron chi connectivity index (χ3n) is 3.01. The summed E-state index contributed by atoms with van der Waals surface area (Å²) in [6.07, 6.45) is 0. The van der Waals surface area contributed by atoms with E-state index in [2.05, 4.69) is 10.2 Å². The van der Waals surface area contributed by atoms with Crippen molar-refractivity contribution in [3.8, 4) is 0 Å². The molecule has 0 bridgehead atoms. The molecule has 1 fully saturated rings. The highest BCUT2D eigenvalue weighted by Gasteiger charge is 2.22. The molecule has 1 aromatic rings. The quantitative estimate of drug-likeness (QED) is 0.910. The van der Waals surface area contributed by atoms with Gasteiger partial charge in [0.1, 0.15) is 0 Å². The number of morpholine rings is 1. The Labute approximate surface area is 114 Å². The summed E-state index contributed by atoms with van der Waals surface area (Å²) in [5.74, 6) is 0.0399. The summed E-state index contributed by atoms with van der Waals surface area (Å²) in [5.41, 5.74) is 0.845. The normalized spacial score (nSPS) is 17.6. The molecule has 0 aromatic heterocycles. The van der Waals surface area contributed by atoms with Crippen LogP contribution in [0.4, 0.5) is 5.69 Å². The predicted molar refractivity (Wildman–Crippen MR) is 74.2 cm³/mol. The first-order valence-corrected chi connectivity index (χ1v) is 5.95. The van der Waals surface area contributed by atoms with E-state index >= 15 is 0 Å². The highest BCUT2D eigenvalue weighted by molar-refractivity contribution is 5.94. The summed E-state index contributed by atoms with van der Waals surface area (Å²) in [5, 5.41) is 2.92. The topological polar surface area (TPSA) is 41.6 Å². The maximum atomic E-state index is 12.0. The summed E-state index contributed by atoms with van der Waals surface area (Å²) in [4.78, 5) is 14.2. The lowest BCUT2D eigenvalue weighted by Gasteiger charge is -2.31. The summed E-state index contributed by atoms with van der Waals surface area (Å²) in [6.45, 7) is 5.00. The van der Waals surface area contributed by atoms with Gasteiger partial charge in [0.15, 0.2) is 0 Å². The lowest BCUT2D eigenvalue weighted by molar-refractivity contribution is -0.122. The minimum Gasteiger partial charge on any atom is -0.379 e. The smallest absolute Gasteiger partial charge is 0.241 e. The Morgan fingerprint density at radius 2 is 1.89 bits per heavy atom. The van der Waals surface area contributed by atoms with E-state index in [1.54, 1.807) is 0 Å². The largest absolute Gasteiger partial charge is 0.379 e. The van der Waals surface area contributed by atoms with Crippen LogP contribution in [0.15, 0.2) is 30.3 Å². The van der Waals surface area contributed by atoms with Gasteiger partial charge in [-0.1, -0.05) is 18.2 Å². The molecule has 0 aliphatic carbocycles. The third-order valence-corrected chi connectivity index (χ3v) is 3.01. The molecule has 0 radical (unpaired) electrons. The molecular weight excluding hydrogens is 252 g/mol. The Morgan fingerprint density at radius 1 is 1.28 bits per heavy atom. The monoisotopic (exact) mass is 270 g/mol. The molecule has 1 aliphatic heterocycles. The zero-order valence-corrected chi connectivity index (χ0v) is 11.3. The van der Waals surface area contributed by atoms with E-state index in [0.29, 0.717) is 13.2 Å². The minimum absolute atomic E-state index is 0. The van der Waals surface area contributed by atoms with E-state index in [0.717, 1.165) is 18.8 Å². The standard InChI is InChI=1S/C13H18N2O2.ClH/c1-11(15-7-9-17-10-8-15)13(16)14-12-5-3-2-4-6-12;/h2-6,11H,7-10H2,1H3,(H,14,16);1H. The van der Waals surface area contributed by atoms with Gasteiger partial charge in [-0.3, -0.25) is 9.69 Å². The van der Waals surface area contributed by atoms with Crippen LogP contribution in [-0.2, 0) is 9.53 Å². The zero-order valence-electron chi connectivity index (χ0n) is 10.5. The highest BCUT2D eigenvalue weighted by atomic mass is 35.5. The molecule has 100 valence electrons. The van der Waals surface area contributed by atoms with Crippen molar-refractivity contribution in [2.24, 2.45) is 0 Å². The van der Waals surface area contributed by atoms with E-state index in [-0.39, 0.29) is 24.4 Å². The average molecular weight is 271 g/mol. The van der Waals surface area contributed by atoms with Gasteiger partial charge >= 0.3 is 0 Å². The van der Waals surface area contributed by atoms with Crippen LogP contribution < -0.4 is 5.32 Å². The van der Waals surface area contributed by atoms with Gasteiger partial charge in [0, 0.05) is 18.8 Å². The minimum atomic E-state index is -0.112. The predicted octanol–water partition coefficient (Wildman–Crippen LogP) is 1.77. The number of amides is 1. The Morgan fingerprint density at radius 3 is 2.50 bits per heavy atom. The molecular formula is C13H19ClN2O2. The first-order valence-electron chi connectivity index (χ1n) is 5.95. The first kappa shape index (κ1) is 15.0. The molecule has 2 rings (SSSR count). The van der Waals surface area contributed by atoms with Crippen molar-refractivity contribution < 1.29 is 9.53 Å². The molecule has 0 spiro atoms. The van der Waals surface area contributed by atoms with Gasteiger partial charge in [-0.15, -0.1) is 12.4 Å². The van der Waals surface area contributed by atoms with Crippen LogP contribution in [0, 0.1) is 0 Å². The first-order chi connectivity index (χ1) is 8.27. The Balaban J connectivity index is 0.00000162. The molecule has 1 amide bonds. The number of hydrogen-bond acceptors (Lipinski definition) is 3. The number of carbonyl (C=O) groups excluding carboxylic acids is 1. The van der Waals surface area contributed by atoms with Crippen LogP contribution in [-0.4, -0.2) is 43.2 Å². The maximum absolute atomic E-state index is 12.0. The van der Waals surface area contributed by atoms with Crippen molar-refractivity contribution in [2.75, 3.05) is 31.6 Å². The Kier molecular flexibility index (Phi) is 6.12. The third kappa shape index (κ3) is 3.98. The number of halogens is 1. The Bertz CT molecular complexity index is 367. The fourth-order valence-corrected chi connectivity index (χ4v) is 1.90. The van der Waals surface area contributed by atoms with E-state index in [9.17, 15) is 4.79 Å². The van der Waals surface area contributed by atoms with Gasteiger partial charge in [-0.05, 0) is 19.1 Å². The highest BCUT2D eigenvalue weighted by Crippen LogP contribution is 2.09. The summed E-state index contributed by atoms with van der Waals surface area (Å²) >= 11 is 0. The number of carbonyl (C=O) groups is 1. The number of nitrogens with one attached hydrogen (secondary N) is 1. The second-order valence-corrected chi connectivity index (χ2v) is 4.18. The van der Waals surface area contributed by atoms with Gasteiger partial charge < -0.3 is 10.1 Å². The average Bonchev–Trinajstić information content (AvgIpc) is 2.40. The van der Waals surface area contributed by atoms with Gasteiger partial charge in [-0.2, -0.15) is 0 Å². The number of ether oxygens (including phenoxy) is 1. The number of rotatable bonds is 3. The molecule has 0 saturated carbocycles. The van der Waals surface area contributed by atoms with Crippen LogP contribution in [0.25, 0.3) is 0 Å². The van der Waals surface area contributed by atoms with Crippen LogP contribution in [0.3, 0.4) is 0 Å². The zero-order chi connectivity index (χ0) is 12.1. The van der Waals surface area contributed by atoms with Crippen molar-refractivity contribution in [3.63, 3.8) is 0 Å². The van der Waals surface area contributed by atoms with Crippen molar-refractivity contribution in [1.82, 2.24) is 4.90 Å². The van der Waals surface area contributed by atoms with Gasteiger partial charge in [-0.25, -0.2) is 0 Å². The van der Waals surface area contributed by atoms with Crippen molar-refractivity contribution >= 4 is 24.0 Å². The van der Waals surface area contributed by atoms with Gasteiger partial charge in [0.05, 0.1) is 19.3 Å².